The lowest BCUT2D eigenvalue weighted by molar-refractivity contribution is -0.0511. The Kier molecular flexibility index (Phi) is 2.74. The summed E-state index contributed by atoms with van der Waals surface area (Å²) in [5.74, 6) is -0.858. The third-order valence-electron chi connectivity index (χ3n) is 3.43. The van der Waals surface area contributed by atoms with Crippen molar-refractivity contribution in [2.24, 2.45) is 5.41 Å². The van der Waals surface area contributed by atoms with E-state index in [1.54, 1.807) is 0 Å². The lowest BCUT2D eigenvalue weighted by Crippen LogP contribution is -2.57. The van der Waals surface area contributed by atoms with E-state index < -0.39 is 5.97 Å². The first-order chi connectivity index (χ1) is 7.93. The van der Waals surface area contributed by atoms with Gasteiger partial charge in [-0.2, -0.15) is 0 Å². The summed E-state index contributed by atoms with van der Waals surface area (Å²) in [4.78, 5) is 18.7. The van der Waals surface area contributed by atoms with Gasteiger partial charge in [-0.3, -0.25) is 0 Å². The highest BCUT2D eigenvalue weighted by Gasteiger charge is 2.47. The molecule has 0 radical (unpaired) electrons. The van der Waals surface area contributed by atoms with Gasteiger partial charge in [0.25, 0.3) is 0 Å². The zero-order valence-electron chi connectivity index (χ0n) is 9.71. The number of aromatic carboxylic acids is 1. The van der Waals surface area contributed by atoms with E-state index in [0.29, 0.717) is 6.42 Å². The van der Waals surface area contributed by atoms with Crippen molar-refractivity contribution in [2.75, 3.05) is 5.32 Å². The van der Waals surface area contributed by atoms with Crippen LogP contribution in [0.15, 0.2) is 12.4 Å². The van der Waals surface area contributed by atoms with Gasteiger partial charge in [0, 0.05) is 23.9 Å². The third kappa shape index (κ3) is 1.95. The Balaban J connectivity index is 2.18. The lowest BCUT2D eigenvalue weighted by atomic mass is 9.64. The highest BCUT2D eigenvalue weighted by molar-refractivity contribution is 5.90. The van der Waals surface area contributed by atoms with Crippen LogP contribution in [0.4, 0.5) is 5.82 Å². The SMILES string of the molecule is CC1(C)C(O)CC1Nc1nccnc1C(=O)O. The normalized spacial score (nSPS) is 26.1. The molecular weight excluding hydrogens is 222 g/mol. The second kappa shape index (κ2) is 3.96. The van der Waals surface area contributed by atoms with Crippen molar-refractivity contribution in [3.63, 3.8) is 0 Å². The summed E-state index contributed by atoms with van der Waals surface area (Å²) in [6, 6.07) is 0.00676. The van der Waals surface area contributed by atoms with Crippen LogP contribution in [0.3, 0.4) is 0 Å². The molecule has 1 saturated carbocycles. The average molecular weight is 237 g/mol. The molecule has 1 aromatic rings. The van der Waals surface area contributed by atoms with Crippen molar-refractivity contribution >= 4 is 11.8 Å². The highest BCUT2D eigenvalue weighted by atomic mass is 16.4. The number of carbonyl (C=O) groups is 1. The Labute approximate surface area is 98.7 Å². The van der Waals surface area contributed by atoms with E-state index in [0.717, 1.165) is 0 Å². The quantitative estimate of drug-likeness (QED) is 0.718. The van der Waals surface area contributed by atoms with E-state index in [4.69, 9.17) is 5.11 Å². The first-order valence-corrected chi connectivity index (χ1v) is 5.42. The molecule has 1 heterocycles. The van der Waals surface area contributed by atoms with Gasteiger partial charge < -0.3 is 15.5 Å². The lowest BCUT2D eigenvalue weighted by Gasteiger charge is -2.49. The fraction of sp³-hybridized carbons (Fsp3) is 0.545. The number of anilines is 1. The molecule has 0 aromatic carbocycles. The minimum atomic E-state index is -1.11. The van der Waals surface area contributed by atoms with E-state index in [2.05, 4.69) is 15.3 Å². The number of hydrogen-bond donors (Lipinski definition) is 3. The number of nitrogens with one attached hydrogen (secondary N) is 1. The van der Waals surface area contributed by atoms with Gasteiger partial charge in [0.1, 0.15) is 0 Å². The minimum absolute atomic E-state index is 0.00676. The minimum Gasteiger partial charge on any atom is -0.476 e. The molecule has 0 amide bonds. The maximum atomic E-state index is 10.9. The molecule has 0 spiro atoms. The second-order valence-corrected chi connectivity index (χ2v) is 4.83. The number of carboxylic acids is 1. The fourth-order valence-electron chi connectivity index (χ4n) is 1.91. The third-order valence-corrected chi connectivity index (χ3v) is 3.43. The van der Waals surface area contributed by atoms with Crippen LogP contribution in [0.2, 0.25) is 0 Å². The molecule has 0 saturated heterocycles. The van der Waals surface area contributed by atoms with Gasteiger partial charge >= 0.3 is 5.97 Å². The van der Waals surface area contributed by atoms with Crippen molar-refractivity contribution in [2.45, 2.75) is 32.4 Å². The Hall–Kier alpha value is -1.69. The maximum Gasteiger partial charge on any atom is 0.358 e. The number of hydrogen-bond acceptors (Lipinski definition) is 5. The monoisotopic (exact) mass is 237 g/mol. The van der Waals surface area contributed by atoms with Gasteiger partial charge in [0.15, 0.2) is 11.5 Å². The van der Waals surface area contributed by atoms with Crippen LogP contribution in [-0.2, 0) is 0 Å². The molecule has 1 aromatic heterocycles. The van der Waals surface area contributed by atoms with Gasteiger partial charge in [-0.25, -0.2) is 14.8 Å². The standard InChI is InChI=1S/C11H15N3O3/c1-11(2)6(5-7(11)15)14-9-8(10(16)17)12-3-4-13-9/h3-4,6-7,15H,5H2,1-2H3,(H,13,14)(H,16,17). The maximum absolute atomic E-state index is 10.9. The van der Waals surface area contributed by atoms with Crippen LogP contribution in [0.1, 0.15) is 30.8 Å². The Bertz CT molecular complexity index is 447. The van der Waals surface area contributed by atoms with Gasteiger partial charge in [-0.1, -0.05) is 13.8 Å². The molecule has 0 aliphatic heterocycles. The number of rotatable bonds is 3. The van der Waals surface area contributed by atoms with Crippen LogP contribution in [0.5, 0.6) is 0 Å². The molecule has 1 aliphatic rings. The molecule has 2 unspecified atom stereocenters. The van der Waals surface area contributed by atoms with Crippen LogP contribution < -0.4 is 5.32 Å². The van der Waals surface area contributed by atoms with Crippen molar-refractivity contribution in [3.05, 3.63) is 18.1 Å². The Morgan fingerprint density at radius 2 is 2.12 bits per heavy atom. The van der Waals surface area contributed by atoms with Crippen LogP contribution in [-0.4, -0.2) is 38.3 Å². The first kappa shape index (κ1) is 11.8. The largest absolute Gasteiger partial charge is 0.476 e. The molecule has 6 heteroatoms. The van der Waals surface area contributed by atoms with Crippen LogP contribution in [0, 0.1) is 5.41 Å². The zero-order chi connectivity index (χ0) is 12.6. The van der Waals surface area contributed by atoms with Crippen LogP contribution in [0.25, 0.3) is 0 Å². The molecule has 3 N–H and O–H groups in total. The molecule has 0 bridgehead atoms. The molecule has 2 atom stereocenters. The van der Waals surface area contributed by atoms with E-state index in [-0.39, 0.29) is 29.1 Å². The molecule has 92 valence electrons. The van der Waals surface area contributed by atoms with Gasteiger partial charge in [0.05, 0.1) is 6.10 Å². The van der Waals surface area contributed by atoms with E-state index in [1.165, 1.54) is 12.4 Å². The fourth-order valence-corrected chi connectivity index (χ4v) is 1.91. The first-order valence-electron chi connectivity index (χ1n) is 5.42. The summed E-state index contributed by atoms with van der Waals surface area (Å²) in [6.07, 6.45) is 3.00. The summed E-state index contributed by atoms with van der Waals surface area (Å²) in [5.41, 5.74) is -0.377. The van der Waals surface area contributed by atoms with Gasteiger partial charge in [-0.05, 0) is 6.42 Å². The number of aliphatic hydroxyl groups excluding tert-OH is 1. The zero-order valence-corrected chi connectivity index (χ0v) is 9.71. The Morgan fingerprint density at radius 3 is 2.65 bits per heavy atom. The number of carboxylic acid groups (broad SMARTS) is 1. The van der Waals surface area contributed by atoms with E-state index in [1.807, 2.05) is 13.8 Å². The predicted molar refractivity (Wildman–Crippen MR) is 60.8 cm³/mol. The van der Waals surface area contributed by atoms with E-state index >= 15 is 0 Å². The van der Waals surface area contributed by atoms with Crippen molar-refractivity contribution < 1.29 is 15.0 Å². The second-order valence-electron chi connectivity index (χ2n) is 4.83. The average Bonchev–Trinajstić information content (AvgIpc) is 2.29. The van der Waals surface area contributed by atoms with Crippen molar-refractivity contribution in [1.29, 1.82) is 0 Å². The summed E-state index contributed by atoms with van der Waals surface area (Å²) in [7, 11) is 0. The smallest absolute Gasteiger partial charge is 0.358 e. The number of nitrogens with zero attached hydrogens (tertiary/aromatic N) is 2. The topological polar surface area (TPSA) is 95.3 Å². The van der Waals surface area contributed by atoms with Crippen molar-refractivity contribution in [1.82, 2.24) is 9.97 Å². The molecule has 1 fully saturated rings. The predicted octanol–water partition coefficient (Wildman–Crippen LogP) is 0.746. The van der Waals surface area contributed by atoms with Crippen molar-refractivity contribution in [3.8, 4) is 0 Å². The highest BCUT2D eigenvalue weighted by Crippen LogP contribution is 2.42. The summed E-state index contributed by atoms with van der Waals surface area (Å²) < 4.78 is 0. The molecular formula is C11H15N3O3. The summed E-state index contributed by atoms with van der Waals surface area (Å²) >= 11 is 0. The van der Waals surface area contributed by atoms with Crippen LogP contribution >= 0.6 is 0 Å². The number of aliphatic hydroxyl groups is 1. The molecule has 2 rings (SSSR count). The molecule has 17 heavy (non-hydrogen) atoms. The van der Waals surface area contributed by atoms with Gasteiger partial charge in [0.2, 0.25) is 0 Å². The van der Waals surface area contributed by atoms with Gasteiger partial charge in [-0.15, -0.1) is 0 Å². The number of aromatic nitrogens is 2. The molecule has 1 aliphatic carbocycles. The Morgan fingerprint density at radius 1 is 1.47 bits per heavy atom. The summed E-state index contributed by atoms with van der Waals surface area (Å²) in [5, 5.41) is 21.6. The van der Waals surface area contributed by atoms with E-state index in [9.17, 15) is 9.90 Å². The molecule has 6 nitrogen and oxygen atoms in total. The summed E-state index contributed by atoms with van der Waals surface area (Å²) in [6.45, 7) is 3.85.